The summed E-state index contributed by atoms with van der Waals surface area (Å²) in [7, 11) is 0. The zero-order chi connectivity index (χ0) is 20.5. The van der Waals surface area contributed by atoms with E-state index in [4.69, 9.17) is 0 Å². The molecular weight excluding hydrogens is 336 g/mol. The lowest BCUT2D eigenvalue weighted by atomic mass is 9.82. The summed E-state index contributed by atoms with van der Waals surface area (Å²) >= 11 is 0. The molecule has 0 aromatic heterocycles. The molecule has 164 valence electrons. The van der Waals surface area contributed by atoms with Crippen LogP contribution < -0.4 is 0 Å². The molecule has 1 aliphatic rings. The second kappa shape index (κ2) is 17.3. The Morgan fingerprint density at radius 1 is 0.429 bits per heavy atom. The zero-order valence-electron chi connectivity index (χ0n) is 20.1. The van der Waals surface area contributed by atoms with Crippen LogP contribution in [0.2, 0.25) is 0 Å². The first-order valence-electron chi connectivity index (χ1n) is 13.2. The van der Waals surface area contributed by atoms with Gasteiger partial charge in [-0.15, -0.1) is 0 Å². The molecule has 0 saturated heterocycles. The molecular formula is C28H52. The van der Waals surface area contributed by atoms with Gasteiger partial charge in [-0.05, 0) is 77.0 Å². The topological polar surface area (TPSA) is 0 Å². The van der Waals surface area contributed by atoms with Gasteiger partial charge in [0, 0.05) is 0 Å². The Morgan fingerprint density at radius 3 is 1.07 bits per heavy atom. The second-order valence-corrected chi connectivity index (χ2v) is 9.27. The van der Waals surface area contributed by atoms with Gasteiger partial charge < -0.3 is 0 Å². The van der Waals surface area contributed by atoms with Crippen LogP contribution in [0.1, 0.15) is 156 Å². The molecule has 0 amide bonds. The molecule has 0 nitrogen and oxygen atoms in total. The molecule has 0 heteroatoms. The van der Waals surface area contributed by atoms with Gasteiger partial charge in [0.05, 0.1) is 0 Å². The van der Waals surface area contributed by atoms with Crippen molar-refractivity contribution in [2.24, 2.45) is 0 Å². The van der Waals surface area contributed by atoms with Crippen molar-refractivity contribution in [3.63, 3.8) is 0 Å². The van der Waals surface area contributed by atoms with Crippen molar-refractivity contribution in [1.82, 2.24) is 0 Å². The zero-order valence-corrected chi connectivity index (χ0v) is 20.1. The summed E-state index contributed by atoms with van der Waals surface area (Å²) in [6.07, 6.45) is 27.8. The quantitative estimate of drug-likeness (QED) is 0.182. The van der Waals surface area contributed by atoms with E-state index in [1.165, 1.54) is 128 Å². The van der Waals surface area contributed by atoms with E-state index in [2.05, 4.69) is 27.7 Å². The third-order valence-electron chi connectivity index (χ3n) is 6.71. The van der Waals surface area contributed by atoms with Crippen LogP contribution >= 0.6 is 0 Å². The second-order valence-electron chi connectivity index (χ2n) is 9.27. The van der Waals surface area contributed by atoms with E-state index in [1.54, 1.807) is 0 Å². The number of hydrogen-bond acceptors (Lipinski definition) is 0. The Hall–Kier alpha value is -0.520. The van der Waals surface area contributed by atoms with Crippen LogP contribution in [-0.2, 0) is 0 Å². The van der Waals surface area contributed by atoms with E-state index in [9.17, 15) is 0 Å². The summed E-state index contributed by atoms with van der Waals surface area (Å²) in [5, 5.41) is 0. The Morgan fingerprint density at radius 2 is 0.750 bits per heavy atom. The largest absolute Gasteiger partial charge is 0.0707 e. The Kier molecular flexibility index (Phi) is 15.8. The molecule has 0 aliphatic heterocycles. The smallest absolute Gasteiger partial charge is 0.0103 e. The molecule has 0 saturated carbocycles. The fraction of sp³-hybridized carbons (Fsp3) is 0.857. The first-order chi connectivity index (χ1) is 13.8. The van der Waals surface area contributed by atoms with Gasteiger partial charge in [0.2, 0.25) is 0 Å². The van der Waals surface area contributed by atoms with Crippen LogP contribution in [0.4, 0.5) is 0 Å². The third-order valence-corrected chi connectivity index (χ3v) is 6.71. The van der Waals surface area contributed by atoms with Crippen molar-refractivity contribution < 1.29 is 0 Å². The van der Waals surface area contributed by atoms with Crippen LogP contribution in [0.15, 0.2) is 22.3 Å². The van der Waals surface area contributed by atoms with E-state index in [0.29, 0.717) is 0 Å². The van der Waals surface area contributed by atoms with Crippen molar-refractivity contribution in [2.75, 3.05) is 0 Å². The van der Waals surface area contributed by atoms with E-state index in [0.717, 1.165) is 0 Å². The minimum absolute atomic E-state index is 1.34. The van der Waals surface area contributed by atoms with Gasteiger partial charge >= 0.3 is 0 Å². The van der Waals surface area contributed by atoms with Crippen LogP contribution in [-0.4, -0.2) is 0 Å². The van der Waals surface area contributed by atoms with Gasteiger partial charge in [-0.25, -0.2) is 0 Å². The lowest BCUT2D eigenvalue weighted by Gasteiger charge is -2.24. The van der Waals surface area contributed by atoms with Crippen molar-refractivity contribution in [3.8, 4) is 0 Å². The lowest BCUT2D eigenvalue weighted by Crippen LogP contribution is -2.05. The molecule has 0 atom stereocenters. The maximum absolute atomic E-state index is 2.34. The molecule has 0 fully saturated rings. The molecule has 0 bridgehead atoms. The van der Waals surface area contributed by atoms with E-state index < -0.39 is 0 Å². The van der Waals surface area contributed by atoms with E-state index in [1.807, 2.05) is 22.3 Å². The number of unbranched alkanes of at least 4 members (excludes halogenated alkanes) is 8. The monoisotopic (exact) mass is 388 g/mol. The van der Waals surface area contributed by atoms with Crippen molar-refractivity contribution >= 4 is 0 Å². The number of rotatable bonds is 16. The van der Waals surface area contributed by atoms with Gasteiger partial charge in [-0.2, -0.15) is 0 Å². The summed E-state index contributed by atoms with van der Waals surface area (Å²) in [5.41, 5.74) is 7.52. The Labute approximate surface area is 178 Å². The predicted octanol–water partition coefficient (Wildman–Crippen LogP) is 10.5. The number of hydrogen-bond donors (Lipinski definition) is 0. The Bertz CT molecular complexity index is 397. The van der Waals surface area contributed by atoms with Gasteiger partial charge in [0.1, 0.15) is 0 Å². The highest BCUT2D eigenvalue weighted by atomic mass is 14.2. The highest BCUT2D eigenvalue weighted by Crippen LogP contribution is 2.36. The molecule has 28 heavy (non-hydrogen) atoms. The van der Waals surface area contributed by atoms with Crippen LogP contribution in [0.25, 0.3) is 0 Å². The van der Waals surface area contributed by atoms with Crippen molar-refractivity contribution in [1.29, 1.82) is 0 Å². The standard InChI is InChI=1S/C28H52/c1-5-9-13-18-25-22-17-23-26(19-14-10-6-2)28(21-16-12-8-4)24-27(25)20-15-11-7-3/h5-24H2,1-4H3/b27-25-,28-26-. The predicted molar refractivity (Wildman–Crippen MR) is 129 cm³/mol. The average molecular weight is 389 g/mol. The third kappa shape index (κ3) is 10.9. The van der Waals surface area contributed by atoms with Gasteiger partial charge in [0.25, 0.3) is 0 Å². The van der Waals surface area contributed by atoms with Crippen molar-refractivity contribution in [3.05, 3.63) is 22.3 Å². The molecule has 0 spiro atoms. The molecule has 0 aromatic rings. The molecule has 0 N–H and O–H groups in total. The summed E-state index contributed by atoms with van der Waals surface area (Å²) in [5.74, 6) is 0. The number of allylic oxidation sites excluding steroid dienone is 4. The summed E-state index contributed by atoms with van der Waals surface area (Å²) < 4.78 is 0. The Balaban J connectivity index is 2.98. The molecule has 0 unspecified atom stereocenters. The van der Waals surface area contributed by atoms with Gasteiger partial charge in [0.15, 0.2) is 0 Å². The van der Waals surface area contributed by atoms with E-state index in [-0.39, 0.29) is 0 Å². The molecule has 1 aliphatic carbocycles. The molecule has 0 aromatic carbocycles. The summed E-state index contributed by atoms with van der Waals surface area (Å²) in [6, 6.07) is 0. The van der Waals surface area contributed by atoms with Crippen molar-refractivity contribution in [2.45, 2.75) is 156 Å². The minimum atomic E-state index is 1.34. The normalized spacial score (nSPS) is 21.0. The maximum Gasteiger partial charge on any atom is -0.0103 e. The van der Waals surface area contributed by atoms with E-state index >= 15 is 0 Å². The highest BCUT2D eigenvalue weighted by Gasteiger charge is 2.16. The summed E-state index contributed by atoms with van der Waals surface area (Å²) in [4.78, 5) is 0. The molecule has 0 radical (unpaired) electrons. The highest BCUT2D eigenvalue weighted by molar-refractivity contribution is 5.28. The van der Waals surface area contributed by atoms with Gasteiger partial charge in [-0.3, -0.25) is 0 Å². The maximum atomic E-state index is 2.34. The van der Waals surface area contributed by atoms with Gasteiger partial charge in [-0.1, -0.05) is 101 Å². The first-order valence-corrected chi connectivity index (χ1v) is 13.2. The fourth-order valence-electron chi connectivity index (χ4n) is 4.86. The summed E-state index contributed by atoms with van der Waals surface area (Å²) in [6.45, 7) is 9.37. The molecule has 1 rings (SSSR count). The minimum Gasteiger partial charge on any atom is -0.0707 e. The first kappa shape index (κ1) is 25.5. The van der Waals surface area contributed by atoms with Crippen LogP contribution in [0, 0.1) is 0 Å². The average Bonchev–Trinajstić information content (AvgIpc) is 2.69. The van der Waals surface area contributed by atoms with Crippen LogP contribution in [0.5, 0.6) is 0 Å². The SMILES string of the molecule is CCCCC/C1=C(\CCCCC)C/C(CCCCC)=C(/CCCCC)CCC1. The molecule has 0 heterocycles. The lowest BCUT2D eigenvalue weighted by molar-refractivity contribution is 0.608. The fourth-order valence-corrected chi connectivity index (χ4v) is 4.86. The van der Waals surface area contributed by atoms with Crippen LogP contribution in [0.3, 0.4) is 0 Å².